The Bertz CT molecular complexity index is 1890. The van der Waals surface area contributed by atoms with Crippen molar-refractivity contribution in [2.24, 2.45) is 4.99 Å². The highest BCUT2D eigenvalue weighted by Gasteiger charge is 2.45. The predicted octanol–water partition coefficient (Wildman–Crippen LogP) is 6.37. The van der Waals surface area contributed by atoms with Gasteiger partial charge in [-0.05, 0) is 35.9 Å². The van der Waals surface area contributed by atoms with E-state index in [0.29, 0.717) is 17.3 Å². The summed E-state index contributed by atoms with van der Waals surface area (Å²) in [7, 11) is 1.61. The third-order valence-corrected chi connectivity index (χ3v) is 8.63. The van der Waals surface area contributed by atoms with Crippen LogP contribution in [0.25, 0.3) is 23.0 Å². The van der Waals surface area contributed by atoms with E-state index in [1.807, 2.05) is 121 Å². The number of methoxy groups -OCH3 is 1. The predicted molar refractivity (Wildman–Crippen MR) is 172 cm³/mol. The molecular formula is C35H27N5O3S. The summed E-state index contributed by atoms with van der Waals surface area (Å²) >= 11 is 1.47. The first-order valence-electron chi connectivity index (χ1n) is 14.1. The van der Waals surface area contributed by atoms with Gasteiger partial charge in [-0.25, -0.2) is 14.7 Å². The molecule has 3 heterocycles. The molecule has 2 amide bonds. The number of thioether (sulfide) groups is 1. The first-order chi connectivity index (χ1) is 21.6. The molecule has 0 N–H and O–H groups in total. The maximum Gasteiger partial charge on any atom is 0.297 e. The smallest absolute Gasteiger partial charge is 0.297 e. The molecule has 0 saturated carbocycles. The number of amides is 2. The standard InChI is InChI=1S/C35H27N5O3S/c1-43-29-19-17-26(18-20-29)35-39(31(41)23-44-35)40-33(25-13-7-3-8-14-25)36-30(34(40)42)21-27-22-38(28-15-9-4-10-16-28)37-32(27)24-11-5-2-6-12-24/h2-22,35H,23H2,1H3/b30-21-. The van der Waals surface area contributed by atoms with Gasteiger partial charge < -0.3 is 4.74 Å². The summed E-state index contributed by atoms with van der Waals surface area (Å²) in [6.45, 7) is 0. The number of rotatable bonds is 7. The first-order valence-corrected chi connectivity index (χ1v) is 15.1. The molecule has 1 atom stereocenters. The average molecular weight is 598 g/mol. The zero-order valence-corrected chi connectivity index (χ0v) is 24.6. The van der Waals surface area contributed by atoms with E-state index in [1.165, 1.54) is 21.8 Å². The topological polar surface area (TPSA) is 80.0 Å². The van der Waals surface area contributed by atoms with E-state index in [0.717, 1.165) is 27.9 Å². The molecule has 1 aromatic heterocycles. The highest BCUT2D eigenvalue weighted by atomic mass is 32.2. The van der Waals surface area contributed by atoms with Crippen LogP contribution in [0.15, 0.2) is 132 Å². The Morgan fingerprint density at radius 2 is 1.45 bits per heavy atom. The van der Waals surface area contributed by atoms with Gasteiger partial charge >= 0.3 is 0 Å². The molecule has 1 fully saturated rings. The lowest BCUT2D eigenvalue weighted by atomic mass is 10.1. The Morgan fingerprint density at radius 3 is 2.11 bits per heavy atom. The summed E-state index contributed by atoms with van der Waals surface area (Å²) in [5, 5.41) is 7.45. The second kappa shape index (κ2) is 11.7. The molecule has 1 saturated heterocycles. The number of hydrogen-bond acceptors (Lipinski definition) is 6. The van der Waals surface area contributed by atoms with Crippen molar-refractivity contribution in [2.45, 2.75) is 5.37 Å². The molecule has 44 heavy (non-hydrogen) atoms. The van der Waals surface area contributed by atoms with E-state index < -0.39 is 5.37 Å². The molecule has 5 aromatic rings. The molecule has 0 aliphatic carbocycles. The van der Waals surface area contributed by atoms with Crippen molar-refractivity contribution in [1.82, 2.24) is 19.8 Å². The molecule has 2 aliphatic heterocycles. The van der Waals surface area contributed by atoms with E-state index in [2.05, 4.69) is 0 Å². The van der Waals surface area contributed by atoms with Gasteiger partial charge in [0, 0.05) is 22.9 Å². The van der Waals surface area contributed by atoms with Crippen LogP contribution in [-0.2, 0) is 9.59 Å². The number of benzene rings is 4. The van der Waals surface area contributed by atoms with Crippen molar-refractivity contribution in [3.05, 3.63) is 144 Å². The fraction of sp³-hybridized carbons (Fsp3) is 0.0857. The van der Waals surface area contributed by atoms with Crippen molar-refractivity contribution in [3.8, 4) is 22.7 Å². The van der Waals surface area contributed by atoms with Gasteiger partial charge in [-0.15, -0.1) is 11.8 Å². The lowest BCUT2D eigenvalue weighted by molar-refractivity contribution is -0.150. The summed E-state index contributed by atoms with van der Waals surface area (Å²) < 4.78 is 7.13. The molecule has 7 rings (SSSR count). The van der Waals surface area contributed by atoms with Gasteiger partial charge in [0.1, 0.15) is 22.5 Å². The molecule has 216 valence electrons. The van der Waals surface area contributed by atoms with Crippen molar-refractivity contribution in [2.75, 3.05) is 12.9 Å². The number of ether oxygens (including phenoxy) is 1. The highest BCUT2D eigenvalue weighted by Crippen LogP contribution is 2.42. The lowest BCUT2D eigenvalue weighted by Gasteiger charge is -2.33. The lowest BCUT2D eigenvalue weighted by Crippen LogP contribution is -2.49. The molecule has 0 bridgehead atoms. The second-order valence-electron chi connectivity index (χ2n) is 10.2. The summed E-state index contributed by atoms with van der Waals surface area (Å²) in [4.78, 5) is 32.6. The Labute approximate surface area is 258 Å². The van der Waals surface area contributed by atoms with Crippen LogP contribution < -0.4 is 4.74 Å². The molecule has 0 spiro atoms. The minimum atomic E-state index is -0.411. The maximum atomic E-state index is 14.3. The number of carbonyl (C=O) groups is 2. The molecular weight excluding hydrogens is 570 g/mol. The Morgan fingerprint density at radius 1 is 0.818 bits per heavy atom. The monoisotopic (exact) mass is 597 g/mol. The van der Waals surface area contributed by atoms with E-state index >= 15 is 0 Å². The van der Waals surface area contributed by atoms with Crippen molar-refractivity contribution in [3.63, 3.8) is 0 Å². The van der Waals surface area contributed by atoms with Crippen LogP contribution in [-0.4, -0.2) is 50.3 Å². The fourth-order valence-corrected chi connectivity index (χ4v) is 6.43. The molecule has 1 unspecified atom stereocenters. The number of nitrogens with zero attached hydrogens (tertiary/aromatic N) is 5. The minimum Gasteiger partial charge on any atom is -0.497 e. The van der Waals surface area contributed by atoms with Crippen LogP contribution in [0.1, 0.15) is 22.1 Å². The Balaban J connectivity index is 1.34. The van der Waals surface area contributed by atoms with Gasteiger partial charge in [0.2, 0.25) is 0 Å². The number of para-hydroxylation sites is 1. The SMILES string of the molecule is COc1ccc(C2SCC(=O)N2N2C(=O)/C(=C/c3cn(-c4ccccc4)nc3-c3ccccc3)N=C2c2ccccc2)cc1. The molecule has 4 aromatic carbocycles. The normalized spacial score (nSPS) is 17.4. The molecule has 2 aliphatic rings. The van der Waals surface area contributed by atoms with Crippen LogP contribution in [0.5, 0.6) is 5.75 Å². The van der Waals surface area contributed by atoms with Gasteiger partial charge in [-0.1, -0.05) is 91.0 Å². The quantitative estimate of drug-likeness (QED) is 0.204. The van der Waals surface area contributed by atoms with Gasteiger partial charge in [0.25, 0.3) is 11.8 Å². The van der Waals surface area contributed by atoms with Crippen LogP contribution >= 0.6 is 11.8 Å². The largest absolute Gasteiger partial charge is 0.497 e. The number of hydrogen-bond donors (Lipinski definition) is 0. The van der Waals surface area contributed by atoms with E-state index in [1.54, 1.807) is 17.9 Å². The average Bonchev–Trinajstić information content (AvgIpc) is 3.77. The number of hydrazine groups is 1. The summed E-state index contributed by atoms with van der Waals surface area (Å²) in [6, 6.07) is 36.7. The van der Waals surface area contributed by atoms with Crippen LogP contribution in [0.3, 0.4) is 0 Å². The van der Waals surface area contributed by atoms with E-state index in [9.17, 15) is 9.59 Å². The van der Waals surface area contributed by atoms with E-state index in [4.69, 9.17) is 14.8 Å². The zero-order valence-electron chi connectivity index (χ0n) is 23.8. The van der Waals surface area contributed by atoms with Gasteiger partial charge in [-0.2, -0.15) is 10.1 Å². The van der Waals surface area contributed by atoms with Crippen LogP contribution in [0.4, 0.5) is 0 Å². The van der Waals surface area contributed by atoms with Crippen molar-refractivity contribution in [1.29, 1.82) is 0 Å². The fourth-order valence-electron chi connectivity index (χ4n) is 5.30. The number of amidine groups is 1. The van der Waals surface area contributed by atoms with Crippen molar-refractivity contribution < 1.29 is 14.3 Å². The van der Waals surface area contributed by atoms with Crippen LogP contribution in [0, 0.1) is 0 Å². The van der Waals surface area contributed by atoms with E-state index in [-0.39, 0.29) is 23.3 Å². The molecule has 8 nitrogen and oxygen atoms in total. The van der Waals surface area contributed by atoms with Gasteiger partial charge in [0.05, 0.1) is 18.6 Å². The van der Waals surface area contributed by atoms with Crippen molar-refractivity contribution >= 4 is 35.5 Å². The number of aromatic nitrogens is 2. The maximum absolute atomic E-state index is 14.3. The second-order valence-corrected chi connectivity index (χ2v) is 11.3. The van der Waals surface area contributed by atoms with Gasteiger partial charge in [-0.3, -0.25) is 9.59 Å². The summed E-state index contributed by atoms with van der Waals surface area (Å²) in [6.07, 6.45) is 3.66. The Kier molecular flexibility index (Phi) is 7.29. The highest BCUT2D eigenvalue weighted by molar-refractivity contribution is 8.00. The summed E-state index contributed by atoms with van der Waals surface area (Å²) in [5.74, 6) is 0.797. The summed E-state index contributed by atoms with van der Waals surface area (Å²) in [5.41, 5.74) is 5.08. The molecule has 0 radical (unpaired) electrons. The molecule has 9 heteroatoms. The zero-order chi connectivity index (χ0) is 30.0. The minimum absolute atomic E-state index is 0.170. The van der Waals surface area contributed by atoms with Crippen LogP contribution in [0.2, 0.25) is 0 Å². The Hall–Kier alpha value is -5.41. The third kappa shape index (κ3) is 5.07. The number of aliphatic imine (C=N–C) groups is 1. The number of carbonyl (C=O) groups excluding carboxylic acids is 2. The van der Waals surface area contributed by atoms with Gasteiger partial charge in [0.15, 0.2) is 5.84 Å². The third-order valence-electron chi connectivity index (χ3n) is 7.43. The first kappa shape index (κ1) is 27.4.